The van der Waals surface area contributed by atoms with Gasteiger partial charge in [-0.1, -0.05) is 13.8 Å². The molecule has 5 heteroatoms. The van der Waals surface area contributed by atoms with Crippen LogP contribution in [0.1, 0.15) is 13.8 Å². The Morgan fingerprint density at radius 3 is 1.67 bits per heavy atom. The van der Waals surface area contributed by atoms with Gasteiger partial charge in [-0.05, 0) is 0 Å². The van der Waals surface area contributed by atoms with Gasteiger partial charge >= 0.3 is 0 Å². The van der Waals surface area contributed by atoms with Crippen LogP contribution in [0.5, 0.6) is 0 Å². The lowest BCUT2D eigenvalue weighted by atomic mass is 9.95. The number of hydrogen-bond donors (Lipinski definition) is 0. The maximum absolute atomic E-state index is 11.8. The monoisotopic (exact) mass is 203 g/mol. The first-order chi connectivity index (χ1) is 6.85. The highest BCUT2D eigenvalue weighted by Crippen LogP contribution is 2.81. The summed E-state index contributed by atoms with van der Waals surface area (Å²) in [5.74, 6) is -1.11. The van der Waals surface area contributed by atoms with E-state index in [4.69, 9.17) is 10.5 Å². The van der Waals surface area contributed by atoms with E-state index in [2.05, 4.69) is 0 Å². The third kappa shape index (κ3) is 0.514. The van der Waals surface area contributed by atoms with Crippen molar-refractivity contribution in [2.75, 3.05) is 7.05 Å². The van der Waals surface area contributed by atoms with Crippen molar-refractivity contribution in [1.82, 2.24) is 4.90 Å². The molecule has 2 aliphatic rings. The van der Waals surface area contributed by atoms with Crippen molar-refractivity contribution in [1.29, 1.82) is 10.5 Å². The summed E-state index contributed by atoms with van der Waals surface area (Å²) in [5.41, 5.74) is -3.83. The highest BCUT2D eigenvalue weighted by Gasteiger charge is 2.96. The molecular formula is C10H9N3O2. The van der Waals surface area contributed by atoms with Crippen molar-refractivity contribution in [3.63, 3.8) is 0 Å². The van der Waals surface area contributed by atoms with Crippen LogP contribution in [-0.4, -0.2) is 23.8 Å². The summed E-state index contributed by atoms with van der Waals surface area (Å²) in [4.78, 5) is 24.5. The number of fused-ring (bicyclic) bond motifs is 1. The van der Waals surface area contributed by atoms with Gasteiger partial charge in [0.2, 0.25) is 0 Å². The number of nitriles is 2. The van der Waals surface area contributed by atoms with Crippen LogP contribution in [0.15, 0.2) is 0 Å². The van der Waals surface area contributed by atoms with E-state index in [1.54, 1.807) is 13.8 Å². The van der Waals surface area contributed by atoms with Gasteiger partial charge in [-0.15, -0.1) is 0 Å². The molecule has 0 aromatic heterocycles. The molecule has 0 bridgehead atoms. The van der Waals surface area contributed by atoms with Gasteiger partial charge in [0.1, 0.15) is 0 Å². The summed E-state index contributed by atoms with van der Waals surface area (Å²) in [5, 5.41) is 18.2. The standard InChI is InChI=1S/C10H9N3O2/c1-8(2)9(4-11)6(14)13(3)7(15)10(8,9)5-12/h1-3H3/t9-,10+. The lowest BCUT2D eigenvalue weighted by Crippen LogP contribution is -2.37. The maximum Gasteiger partial charge on any atom is 0.252 e. The van der Waals surface area contributed by atoms with Crippen LogP contribution in [-0.2, 0) is 9.59 Å². The third-order valence-electron chi connectivity index (χ3n) is 3.96. The molecule has 1 aliphatic carbocycles. The Labute approximate surface area is 86.9 Å². The van der Waals surface area contributed by atoms with E-state index >= 15 is 0 Å². The molecule has 1 saturated heterocycles. The quantitative estimate of drug-likeness (QED) is 0.520. The number of piperidine rings is 1. The Kier molecular flexibility index (Phi) is 1.31. The van der Waals surface area contributed by atoms with E-state index in [1.165, 1.54) is 7.05 Å². The van der Waals surface area contributed by atoms with E-state index in [-0.39, 0.29) is 0 Å². The zero-order chi connectivity index (χ0) is 11.6. The first kappa shape index (κ1) is 9.67. The first-order valence-corrected chi connectivity index (χ1v) is 4.50. The fraction of sp³-hybridized carbons (Fsp3) is 0.600. The lowest BCUT2D eigenvalue weighted by molar-refractivity contribution is -0.143. The van der Waals surface area contributed by atoms with Gasteiger partial charge in [-0.2, -0.15) is 10.5 Å². The van der Waals surface area contributed by atoms with Gasteiger partial charge < -0.3 is 0 Å². The molecule has 0 N–H and O–H groups in total. The lowest BCUT2D eigenvalue weighted by Gasteiger charge is -2.18. The smallest absolute Gasteiger partial charge is 0.252 e. The van der Waals surface area contributed by atoms with E-state index < -0.39 is 28.1 Å². The van der Waals surface area contributed by atoms with Gasteiger partial charge in [-0.25, -0.2) is 0 Å². The van der Waals surface area contributed by atoms with Crippen molar-refractivity contribution in [3.8, 4) is 12.1 Å². The molecule has 15 heavy (non-hydrogen) atoms. The zero-order valence-corrected chi connectivity index (χ0v) is 8.66. The van der Waals surface area contributed by atoms with Gasteiger partial charge in [0.05, 0.1) is 12.1 Å². The highest BCUT2D eigenvalue weighted by molar-refractivity contribution is 6.19. The molecule has 0 aromatic carbocycles. The average molecular weight is 203 g/mol. The van der Waals surface area contributed by atoms with Crippen molar-refractivity contribution in [2.45, 2.75) is 13.8 Å². The average Bonchev–Trinajstić information content (AvgIpc) is 2.58. The second-order valence-electron chi connectivity index (χ2n) is 4.52. The van der Waals surface area contributed by atoms with Crippen LogP contribution in [0, 0.1) is 38.9 Å². The van der Waals surface area contributed by atoms with Crippen molar-refractivity contribution < 1.29 is 9.59 Å². The molecule has 5 nitrogen and oxygen atoms in total. The molecule has 2 atom stereocenters. The van der Waals surface area contributed by atoms with Crippen LogP contribution < -0.4 is 0 Å². The van der Waals surface area contributed by atoms with E-state index in [0.29, 0.717) is 0 Å². The molecule has 0 spiro atoms. The number of carbonyl (C=O) groups is 2. The summed E-state index contributed by atoms with van der Waals surface area (Å²) in [7, 11) is 1.31. The normalized spacial score (nSPS) is 40.7. The van der Waals surface area contributed by atoms with Crippen LogP contribution >= 0.6 is 0 Å². The molecule has 76 valence electrons. The third-order valence-corrected chi connectivity index (χ3v) is 3.96. The SMILES string of the molecule is CN1C(=O)[C@@]2(C#N)C(C)(C)[C@@]2(C#N)C1=O. The molecule has 1 saturated carbocycles. The van der Waals surface area contributed by atoms with E-state index in [9.17, 15) is 9.59 Å². The van der Waals surface area contributed by atoms with Gasteiger partial charge in [0, 0.05) is 12.5 Å². The fourth-order valence-corrected chi connectivity index (χ4v) is 2.87. The summed E-state index contributed by atoms with van der Waals surface area (Å²) in [6.07, 6.45) is 0. The first-order valence-electron chi connectivity index (χ1n) is 4.50. The van der Waals surface area contributed by atoms with Crippen LogP contribution in [0.2, 0.25) is 0 Å². The van der Waals surface area contributed by atoms with Gasteiger partial charge in [-0.3, -0.25) is 14.5 Å². The Morgan fingerprint density at radius 2 is 1.40 bits per heavy atom. The molecule has 1 aliphatic heterocycles. The highest BCUT2D eigenvalue weighted by atomic mass is 16.2. The minimum atomic E-state index is -1.47. The fourth-order valence-electron chi connectivity index (χ4n) is 2.87. The zero-order valence-electron chi connectivity index (χ0n) is 8.66. The Bertz CT molecular complexity index is 440. The molecule has 1 heterocycles. The largest absolute Gasteiger partial charge is 0.283 e. The van der Waals surface area contributed by atoms with Crippen LogP contribution in [0.4, 0.5) is 0 Å². The predicted molar refractivity (Wildman–Crippen MR) is 47.7 cm³/mol. The van der Waals surface area contributed by atoms with Crippen LogP contribution in [0.25, 0.3) is 0 Å². The number of imide groups is 1. The number of nitrogens with zero attached hydrogens (tertiary/aromatic N) is 3. The topological polar surface area (TPSA) is 85.0 Å². The van der Waals surface area contributed by atoms with Gasteiger partial charge in [0.25, 0.3) is 11.8 Å². The summed E-state index contributed by atoms with van der Waals surface area (Å²) in [6.45, 7) is 3.23. The number of amides is 2. The summed E-state index contributed by atoms with van der Waals surface area (Å²) >= 11 is 0. The molecule has 2 fully saturated rings. The Morgan fingerprint density at radius 1 is 1.07 bits per heavy atom. The van der Waals surface area contributed by atoms with Crippen molar-refractivity contribution in [2.24, 2.45) is 16.2 Å². The molecular weight excluding hydrogens is 194 g/mol. The minimum absolute atomic E-state index is 0.554. The second-order valence-corrected chi connectivity index (χ2v) is 4.52. The van der Waals surface area contributed by atoms with Crippen molar-refractivity contribution in [3.05, 3.63) is 0 Å². The number of hydrogen-bond acceptors (Lipinski definition) is 4. The summed E-state index contributed by atoms with van der Waals surface area (Å²) < 4.78 is 0. The van der Waals surface area contributed by atoms with Crippen molar-refractivity contribution >= 4 is 11.8 Å². The van der Waals surface area contributed by atoms with E-state index in [1.807, 2.05) is 12.1 Å². The summed E-state index contributed by atoms with van der Waals surface area (Å²) in [6, 6.07) is 3.74. The minimum Gasteiger partial charge on any atom is -0.283 e. The number of likely N-dealkylation sites (tertiary alicyclic amines) is 1. The van der Waals surface area contributed by atoms with Crippen LogP contribution in [0.3, 0.4) is 0 Å². The molecule has 0 unspecified atom stereocenters. The molecule has 0 radical (unpaired) electrons. The second kappa shape index (κ2) is 2.04. The van der Waals surface area contributed by atoms with Gasteiger partial charge in [0.15, 0.2) is 10.8 Å². The number of rotatable bonds is 0. The Balaban J connectivity index is 2.76. The number of carbonyl (C=O) groups excluding carboxylic acids is 2. The van der Waals surface area contributed by atoms with E-state index in [0.717, 1.165) is 4.90 Å². The maximum atomic E-state index is 11.8. The molecule has 2 rings (SSSR count). The predicted octanol–water partition coefficient (Wildman–Crippen LogP) is 0.0448. The molecule has 0 aromatic rings. The molecule has 2 amide bonds. The Hall–Kier alpha value is -1.88.